The quantitative estimate of drug-likeness (QED) is 0.457. The molecule has 2 bridgehead atoms. The summed E-state index contributed by atoms with van der Waals surface area (Å²) < 4.78 is 5.29. The average molecular weight is 180 g/mol. The smallest absolute Gasteiger partial charge is 0.302 e. The minimum Gasteiger partial charge on any atom is -0.462 e. The fourth-order valence-corrected chi connectivity index (χ4v) is 2.77. The molecule has 2 nitrogen and oxygen atoms in total. The lowest BCUT2D eigenvalue weighted by Crippen LogP contribution is -2.23. The summed E-state index contributed by atoms with van der Waals surface area (Å²) in [5.74, 6) is 1.08. The molecule has 0 amide bonds. The number of hydrogen-bond acceptors (Lipinski definition) is 2. The fraction of sp³-hybridized carbons (Fsp3) is 0.727. The highest BCUT2D eigenvalue weighted by Gasteiger charge is 2.43. The molecule has 3 unspecified atom stereocenters. The summed E-state index contributed by atoms with van der Waals surface area (Å²) in [5.41, 5.74) is 3.00. The van der Waals surface area contributed by atoms with E-state index in [2.05, 4.69) is 13.8 Å². The van der Waals surface area contributed by atoms with Crippen molar-refractivity contribution in [1.29, 1.82) is 0 Å². The fourth-order valence-electron chi connectivity index (χ4n) is 2.77. The van der Waals surface area contributed by atoms with Gasteiger partial charge < -0.3 is 4.74 Å². The summed E-state index contributed by atoms with van der Waals surface area (Å²) >= 11 is 0. The van der Waals surface area contributed by atoms with Crippen LogP contribution in [0.2, 0.25) is 0 Å². The summed E-state index contributed by atoms with van der Waals surface area (Å²) in [7, 11) is 0. The maximum Gasteiger partial charge on any atom is 0.302 e. The van der Waals surface area contributed by atoms with Crippen LogP contribution in [0, 0.1) is 11.8 Å². The number of carbonyl (C=O) groups excluding carboxylic acids is 1. The molecule has 1 saturated carbocycles. The molecule has 0 heterocycles. The molecule has 0 N–H and O–H groups in total. The van der Waals surface area contributed by atoms with Crippen molar-refractivity contribution in [1.82, 2.24) is 0 Å². The van der Waals surface area contributed by atoms with Gasteiger partial charge in [-0.15, -0.1) is 0 Å². The van der Waals surface area contributed by atoms with Gasteiger partial charge in [-0.2, -0.15) is 0 Å². The molecular formula is C11H16O2. The normalized spacial score (nSPS) is 37.0. The average Bonchev–Trinajstić information content (AvgIpc) is 2.53. The van der Waals surface area contributed by atoms with E-state index in [-0.39, 0.29) is 12.1 Å². The van der Waals surface area contributed by atoms with Gasteiger partial charge in [0.05, 0.1) is 0 Å². The van der Waals surface area contributed by atoms with E-state index >= 15 is 0 Å². The minimum atomic E-state index is -0.136. The zero-order chi connectivity index (χ0) is 9.59. The van der Waals surface area contributed by atoms with Crippen molar-refractivity contribution < 1.29 is 9.53 Å². The third-order valence-electron chi connectivity index (χ3n) is 3.61. The highest BCUT2D eigenvalue weighted by atomic mass is 16.5. The Morgan fingerprint density at radius 2 is 2.00 bits per heavy atom. The summed E-state index contributed by atoms with van der Waals surface area (Å²) in [6, 6.07) is 0. The van der Waals surface area contributed by atoms with Gasteiger partial charge in [0.2, 0.25) is 0 Å². The van der Waals surface area contributed by atoms with Crippen LogP contribution in [0.5, 0.6) is 0 Å². The molecule has 13 heavy (non-hydrogen) atoms. The van der Waals surface area contributed by atoms with Gasteiger partial charge in [0.15, 0.2) is 0 Å². The lowest BCUT2D eigenvalue weighted by Gasteiger charge is -2.23. The summed E-state index contributed by atoms with van der Waals surface area (Å²) in [6.07, 6.45) is 2.43. The molecule has 2 aliphatic carbocycles. The Hall–Kier alpha value is -0.790. The van der Waals surface area contributed by atoms with Crippen LogP contribution >= 0.6 is 0 Å². The van der Waals surface area contributed by atoms with Gasteiger partial charge in [-0.05, 0) is 32.6 Å². The number of rotatable bonds is 1. The van der Waals surface area contributed by atoms with Gasteiger partial charge in [-0.3, -0.25) is 4.79 Å². The summed E-state index contributed by atoms with van der Waals surface area (Å²) in [4.78, 5) is 10.8. The van der Waals surface area contributed by atoms with E-state index in [1.165, 1.54) is 24.5 Å². The second-order valence-corrected chi connectivity index (χ2v) is 4.29. The molecule has 72 valence electrons. The lowest BCUT2D eigenvalue weighted by molar-refractivity contribution is -0.147. The maximum absolute atomic E-state index is 10.8. The number of allylic oxidation sites excluding steroid dienone is 1. The van der Waals surface area contributed by atoms with Crippen LogP contribution in [-0.2, 0) is 9.53 Å². The van der Waals surface area contributed by atoms with Crippen molar-refractivity contribution in [2.45, 2.75) is 39.7 Å². The lowest BCUT2D eigenvalue weighted by atomic mass is 9.92. The first-order chi connectivity index (χ1) is 6.09. The topological polar surface area (TPSA) is 26.3 Å². The first-order valence-corrected chi connectivity index (χ1v) is 4.94. The Kier molecular flexibility index (Phi) is 1.94. The predicted molar refractivity (Wildman–Crippen MR) is 50.1 cm³/mol. The van der Waals surface area contributed by atoms with E-state index in [1.54, 1.807) is 0 Å². The standard InChI is InChI=1S/C11H16O2/c1-6-7(2)10-4-9(6)5-11(10)13-8(3)12/h9-11H,4-5H2,1-3H3. The molecule has 0 aliphatic heterocycles. The van der Waals surface area contributed by atoms with Gasteiger partial charge in [-0.25, -0.2) is 0 Å². The molecule has 0 aromatic rings. The largest absolute Gasteiger partial charge is 0.462 e. The van der Waals surface area contributed by atoms with Crippen molar-refractivity contribution in [3.05, 3.63) is 11.1 Å². The maximum atomic E-state index is 10.8. The Labute approximate surface area is 79.0 Å². The summed E-state index contributed by atoms with van der Waals surface area (Å²) in [5, 5.41) is 0. The molecule has 2 heteroatoms. The van der Waals surface area contributed by atoms with E-state index in [0.29, 0.717) is 11.8 Å². The molecule has 2 aliphatic rings. The van der Waals surface area contributed by atoms with Crippen LogP contribution in [0.4, 0.5) is 0 Å². The van der Waals surface area contributed by atoms with Crippen LogP contribution in [-0.4, -0.2) is 12.1 Å². The van der Waals surface area contributed by atoms with Crippen LogP contribution in [0.3, 0.4) is 0 Å². The van der Waals surface area contributed by atoms with Gasteiger partial charge in [0.25, 0.3) is 0 Å². The predicted octanol–water partition coefficient (Wildman–Crippen LogP) is 2.29. The monoisotopic (exact) mass is 180 g/mol. The first-order valence-electron chi connectivity index (χ1n) is 4.94. The zero-order valence-electron chi connectivity index (χ0n) is 8.46. The van der Waals surface area contributed by atoms with E-state index in [4.69, 9.17) is 4.74 Å². The highest BCUT2D eigenvalue weighted by Crippen LogP contribution is 2.49. The first kappa shape index (κ1) is 8.79. The van der Waals surface area contributed by atoms with Crippen LogP contribution in [0.15, 0.2) is 11.1 Å². The Bertz CT molecular complexity index is 278. The van der Waals surface area contributed by atoms with Crippen molar-refractivity contribution in [3.8, 4) is 0 Å². The molecule has 0 spiro atoms. The Morgan fingerprint density at radius 1 is 1.31 bits per heavy atom. The number of carbonyl (C=O) groups is 1. The van der Waals surface area contributed by atoms with Crippen molar-refractivity contribution in [3.63, 3.8) is 0 Å². The molecular weight excluding hydrogens is 164 g/mol. The molecule has 1 fully saturated rings. The van der Waals surface area contributed by atoms with Crippen LogP contribution < -0.4 is 0 Å². The van der Waals surface area contributed by atoms with Crippen molar-refractivity contribution in [2.24, 2.45) is 11.8 Å². The molecule has 0 saturated heterocycles. The van der Waals surface area contributed by atoms with Gasteiger partial charge in [0.1, 0.15) is 6.10 Å². The van der Waals surface area contributed by atoms with Crippen LogP contribution in [0.25, 0.3) is 0 Å². The van der Waals surface area contributed by atoms with E-state index < -0.39 is 0 Å². The second-order valence-electron chi connectivity index (χ2n) is 4.29. The van der Waals surface area contributed by atoms with Gasteiger partial charge >= 0.3 is 5.97 Å². The number of fused-ring (bicyclic) bond motifs is 2. The van der Waals surface area contributed by atoms with E-state index in [0.717, 1.165) is 6.42 Å². The number of esters is 1. The number of hydrogen-bond donors (Lipinski definition) is 0. The Morgan fingerprint density at radius 3 is 2.46 bits per heavy atom. The molecule has 0 aromatic carbocycles. The second kappa shape index (κ2) is 2.86. The minimum absolute atomic E-state index is 0.136. The van der Waals surface area contributed by atoms with Gasteiger partial charge in [-0.1, -0.05) is 11.1 Å². The third kappa shape index (κ3) is 1.28. The Balaban J connectivity index is 2.11. The molecule has 0 aromatic heterocycles. The molecule has 0 radical (unpaired) electrons. The highest BCUT2D eigenvalue weighted by molar-refractivity contribution is 5.66. The molecule has 2 rings (SSSR count). The van der Waals surface area contributed by atoms with E-state index in [9.17, 15) is 4.79 Å². The number of ether oxygens (including phenoxy) is 1. The zero-order valence-corrected chi connectivity index (χ0v) is 8.46. The van der Waals surface area contributed by atoms with Crippen molar-refractivity contribution in [2.75, 3.05) is 0 Å². The van der Waals surface area contributed by atoms with Crippen LogP contribution in [0.1, 0.15) is 33.6 Å². The molecule has 3 atom stereocenters. The third-order valence-corrected chi connectivity index (χ3v) is 3.61. The van der Waals surface area contributed by atoms with Gasteiger partial charge in [0, 0.05) is 12.8 Å². The SMILES string of the molecule is CC(=O)OC1CC2CC1C(C)=C2C. The van der Waals surface area contributed by atoms with E-state index in [1.807, 2.05) is 0 Å². The van der Waals surface area contributed by atoms with Crippen molar-refractivity contribution >= 4 is 5.97 Å². The summed E-state index contributed by atoms with van der Waals surface area (Å²) in [6.45, 7) is 5.89.